The molecule has 140 valence electrons. The van der Waals surface area contributed by atoms with Gasteiger partial charge in [-0.15, -0.1) is 18.0 Å². The molecule has 1 aromatic rings. The fraction of sp³-hybridized carbons (Fsp3) is 0.647. The second-order valence-corrected chi connectivity index (χ2v) is 7.24. The molecule has 4 atom stereocenters. The van der Waals surface area contributed by atoms with Gasteiger partial charge in [0.25, 0.3) is 5.56 Å². The average molecular weight is 383 g/mol. The van der Waals surface area contributed by atoms with E-state index < -0.39 is 47.2 Å². The Hall–Kier alpha value is -1.63. The van der Waals surface area contributed by atoms with Crippen molar-refractivity contribution in [1.82, 2.24) is 9.55 Å². The largest absolute Gasteiger partial charge is 0.393 e. The number of nitrogens with one attached hydrogen (secondary N) is 1. The second kappa shape index (κ2) is 5.94. The molecular weight excluding hydrogens is 364 g/mol. The van der Waals surface area contributed by atoms with Crippen molar-refractivity contribution in [3.05, 3.63) is 33.1 Å². The number of aliphatic hydroxyl groups excluding tert-OH is 1. The molecule has 1 aliphatic carbocycles. The first-order chi connectivity index (χ1) is 12.4. The highest BCUT2D eigenvalue weighted by atomic mass is 35.5. The number of alkyl halides is 1. The van der Waals surface area contributed by atoms with E-state index in [1.54, 1.807) is 0 Å². The quantitative estimate of drug-likeness (QED) is 0.558. The van der Waals surface area contributed by atoms with Crippen LogP contribution in [0.4, 0.5) is 0 Å². The molecule has 1 aromatic heterocycles. The summed E-state index contributed by atoms with van der Waals surface area (Å²) in [6.07, 6.45) is 8.68. The maximum Gasteiger partial charge on any atom is 0.331 e. The predicted octanol–water partition coefficient (Wildman–Crippen LogP) is -0.123. The van der Waals surface area contributed by atoms with Crippen molar-refractivity contribution in [1.29, 1.82) is 0 Å². The van der Waals surface area contributed by atoms with Crippen LogP contribution in [0.5, 0.6) is 0 Å². The van der Waals surface area contributed by atoms with Crippen LogP contribution in [0.3, 0.4) is 0 Å². The molecule has 9 heteroatoms. The van der Waals surface area contributed by atoms with Gasteiger partial charge in [0.1, 0.15) is 11.7 Å². The number of H-pyrrole nitrogens is 1. The van der Waals surface area contributed by atoms with Crippen LogP contribution in [0.1, 0.15) is 25.7 Å². The van der Waals surface area contributed by atoms with Crippen molar-refractivity contribution in [2.24, 2.45) is 0 Å². The number of rotatable bonds is 3. The number of ether oxygens (including phenoxy) is 3. The maximum atomic E-state index is 12.4. The van der Waals surface area contributed by atoms with Crippen LogP contribution >= 0.6 is 11.6 Å². The predicted molar refractivity (Wildman–Crippen MR) is 90.7 cm³/mol. The van der Waals surface area contributed by atoms with E-state index in [1.165, 1.54) is 12.3 Å². The minimum Gasteiger partial charge on any atom is -0.393 e. The molecule has 1 spiro atoms. The first-order valence-electron chi connectivity index (χ1n) is 8.47. The molecule has 8 nitrogen and oxygen atoms in total. The number of hydrogen-bond acceptors (Lipinski definition) is 6. The number of aliphatic hydroxyl groups is 1. The first kappa shape index (κ1) is 17.8. The lowest BCUT2D eigenvalue weighted by Gasteiger charge is -2.36. The molecule has 2 saturated heterocycles. The van der Waals surface area contributed by atoms with E-state index in [4.69, 9.17) is 32.2 Å². The third-order valence-electron chi connectivity index (χ3n) is 5.47. The topological polar surface area (TPSA) is 103 Å². The zero-order chi connectivity index (χ0) is 18.6. The van der Waals surface area contributed by atoms with Crippen LogP contribution < -0.4 is 11.2 Å². The Kier molecular flexibility index (Phi) is 4.06. The van der Waals surface area contributed by atoms with Gasteiger partial charge in [0, 0.05) is 25.1 Å². The summed E-state index contributed by atoms with van der Waals surface area (Å²) in [5, 5.41) is 10.0. The Morgan fingerprint density at radius 2 is 2.04 bits per heavy atom. The summed E-state index contributed by atoms with van der Waals surface area (Å²) >= 11 is 6.13. The molecule has 3 fully saturated rings. The standard InChI is InChI=1S/C17H19ClN2O6/c1-2-17(20-8-5-11(22)19-14(20)23)13-12(15(9-18,10-21)26-17)24-16(25-13)6-3-4-7-16/h1,5,8,12-13,21H,3-4,6-7,9-10H2,(H,19,22,23)/t12-,13+,15+,17?/m0/s1. The van der Waals surface area contributed by atoms with Gasteiger partial charge in [-0.05, 0) is 18.8 Å². The van der Waals surface area contributed by atoms with E-state index in [9.17, 15) is 14.7 Å². The third-order valence-corrected chi connectivity index (χ3v) is 5.92. The summed E-state index contributed by atoms with van der Waals surface area (Å²) in [4.78, 5) is 26.0. The van der Waals surface area contributed by atoms with Gasteiger partial charge in [-0.25, -0.2) is 4.79 Å². The number of aromatic nitrogens is 2. The molecule has 1 saturated carbocycles. The van der Waals surface area contributed by atoms with Gasteiger partial charge in [0.15, 0.2) is 11.9 Å². The lowest BCUT2D eigenvalue weighted by atomic mass is 9.95. The summed E-state index contributed by atoms with van der Waals surface area (Å²) in [5.41, 5.74) is -4.33. The zero-order valence-corrected chi connectivity index (χ0v) is 14.7. The van der Waals surface area contributed by atoms with E-state index in [2.05, 4.69) is 10.9 Å². The van der Waals surface area contributed by atoms with Crippen LogP contribution in [-0.2, 0) is 19.9 Å². The highest BCUT2D eigenvalue weighted by Gasteiger charge is 2.71. The van der Waals surface area contributed by atoms with E-state index in [0.29, 0.717) is 12.8 Å². The summed E-state index contributed by atoms with van der Waals surface area (Å²) in [7, 11) is 0. The first-order valence-corrected chi connectivity index (χ1v) is 9.01. The molecule has 0 amide bonds. The van der Waals surface area contributed by atoms with Gasteiger partial charge >= 0.3 is 5.69 Å². The van der Waals surface area contributed by atoms with E-state index >= 15 is 0 Å². The molecule has 2 N–H and O–H groups in total. The number of fused-ring (bicyclic) bond motifs is 1. The molecule has 0 radical (unpaired) electrons. The Labute approximate surface area is 154 Å². The van der Waals surface area contributed by atoms with E-state index in [0.717, 1.165) is 17.4 Å². The SMILES string of the molecule is C#CC1(n2ccc(=O)[nH]c2=O)O[C@@](CO)(CCl)[C@H]2OC3(CCCC3)O[C@H]21. The van der Waals surface area contributed by atoms with Crippen molar-refractivity contribution in [3.8, 4) is 12.3 Å². The van der Waals surface area contributed by atoms with Crippen molar-refractivity contribution in [2.45, 2.75) is 55.0 Å². The maximum absolute atomic E-state index is 12.4. The van der Waals surface area contributed by atoms with Crippen molar-refractivity contribution in [2.75, 3.05) is 12.5 Å². The minimum atomic E-state index is -1.70. The Balaban J connectivity index is 1.88. The lowest BCUT2D eigenvalue weighted by molar-refractivity contribution is -0.251. The zero-order valence-electron chi connectivity index (χ0n) is 13.9. The van der Waals surface area contributed by atoms with Gasteiger partial charge in [0.05, 0.1) is 12.5 Å². The Morgan fingerprint density at radius 1 is 1.35 bits per heavy atom. The fourth-order valence-electron chi connectivity index (χ4n) is 4.17. The van der Waals surface area contributed by atoms with Crippen LogP contribution in [-0.4, -0.2) is 50.7 Å². The molecule has 0 bridgehead atoms. The average Bonchev–Trinajstić information content (AvgIpc) is 3.31. The van der Waals surface area contributed by atoms with Crippen molar-refractivity contribution >= 4 is 11.6 Å². The summed E-state index contributed by atoms with van der Waals surface area (Å²) in [6, 6.07) is 1.17. The molecule has 3 heterocycles. The number of aromatic amines is 1. The van der Waals surface area contributed by atoms with E-state index in [-0.39, 0.29) is 5.88 Å². The molecule has 0 aromatic carbocycles. The molecule has 2 aliphatic heterocycles. The third kappa shape index (κ3) is 2.25. The van der Waals surface area contributed by atoms with Crippen LogP contribution in [0, 0.1) is 12.3 Å². The molecule has 4 rings (SSSR count). The van der Waals surface area contributed by atoms with Gasteiger partial charge in [-0.1, -0.05) is 0 Å². The molecular formula is C17H19ClN2O6. The number of terminal acetylenes is 1. The van der Waals surface area contributed by atoms with Crippen LogP contribution in [0.25, 0.3) is 0 Å². The van der Waals surface area contributed by atoms with Gasteiger partial charge in [-0.2, -0.15) is 0 Å². The van der Waals surface area contributed by atoms with E-state index in [1.807, 2.05) is 0 Å². The van der Waals surface area contributed by atoms with Gasteiger partial charge in [-0.3, -0.25) is 14.3 Å². The Morgan fingerprint density at radius 3 is 2.62 bits per heavy atom. The highest BCUT2D eigenvalue weighted by molar-refractivity contribution is 6.18. The monoisotopic (exact) mass is 382 g/mol. The molecule has 26 heavy (non-hydrogen) atoms. The minimum absolute atomic E-state index is 0.106. The van der Waals surface area contributed by atoms with Crippen LogP contribution in [0.15, 0.2) is 21.9 Å². The normalized spacial score (nSPS) is 37.7. The summed E-state index contributed by atoms with van der Waals surface area (Å²) in [6.45, 7) is -0.460. The van der Waals surface area contributed by atoms with Gasteiger partial charge in [0.2, 0.25) is 5.72 Å². The fourth-order valence-corrected chi connectivity index (χ4v) is 4.46. The molecule has 1 unspecified atom stereocenters. The highest BCUT2D eigenvalue weighted by Crippen LogP contribution is 2.54. The summed E-state index contributed by atoms with van der Waals surface area (Å²) in [5.74, 6) is 1.57. The second-order valence-electron chi connectivity index (χ2n) is 6.97. The van der Waals surface area contributed by atoms with Crippen molar-refractivity contribution < 1.29 is 19.3 Å². The molecule has 3 aliphatic rings. The smallest absolute Gasteiger partial charge is 0.331 e. The number of nitrogens with zero attached hydrogens (tertiary/aromatic N) is 1. The number of hydrogen-bond donors (Lipinski definition) is 2. The Bertz CT molecular complexity index is 863. The van der Waals surface area contributed by atoms with Gasteiger partial charge < -0.3 is 19.3 Å². The van der Waals surface area contributed by atoms with Crippen molar-refractivity contribution in [3.63, 3.8) is 0 Å². The van der Waals surface area contributed by atoms with Crippen LogP contribution in [0.2, 0.25) is 0 Å². The summed E-state index contributed by atoms with van der Waals surface area (Å²) < 4.78 is 19.6. The lowest BCUT2D eigenvalue weighted by Crippen LogP contribution is -2.51. The number of halogens is 1.